The van der Waals surface area contributed by atoms with Crippen LogP contribution in [0.3, 0.4) is 0 Å². The maximum atomic E-state index is 12.3. The molecular formula is C11H23F3O. The summed E-state index contributed by atoms with van der Waals surface area (Å²) >= 11 is 0. The predicted molar refractivity (Wildman–Crippen MR) is 56.9 cm³/mol. The van der Waals surface area contributed by atoms with Gasteiger partial charge in [-0.05, 0) is 26.7 Å². The number of halogens is 3. The molecule has 0 amide bonds. The number of rotatable bonds is 3. The Balaban J connectivity index is 0. The fraction of sp³-hybridized carbons (Fsp3) is 1.00. The predicted octanol–water partition coefficient (Wildman–Crippen LogP) is 4.41. The second kappa shape index (κ2) is 6.36. The Morgan fingerprint density at radius 1 is 0.933 bits per heavy atom. The molecule has 0 aromatic carbocycles. The fourth-order valence-electron chi connectivity index (χ4n) is 0.668. The molecule has 0 saturated heterocycles. The van der Waals surface area contributed by atoms with Crippen LogP contribution in [0.1, 0.15) is 48.5 Å². The van der Waals surface area contributed by atoms with Crippen LogP contribution in [0.5, 0.6) is 0 Å². The molecule has 0 aromatic heterocycles. The highest BCUT2D eigenvalue weighted by Gasteiger charge is 2.49. The number of hydrogen-bond acceptors (Lipinski definition) is 1. The molecule has 0 N–H and O–H groups in total. The zero-order valence-electron chi connectivity index (χ0n) is 10.7. The normalized spacial score (nSPS) is 14.6. The van der Waals surface area contributed by atoms with Crippen molar-refractivity contribution in [1.29, 1.82) is 0 Å². The van der Waals surface area contributed by atoms with Gasteiger partial charge in [0, 0.05) is 0 Å². The van der Waals surface area contributed by atoms with Crippen molar-refractivity contribution in [1.82, 2.24) is 0 Å². The van der Waals surface area contributed by atoms with E-state index >= 15 is 0 Å². The minimum absolute atomic E-state index is 0.0848. The highest BCUT2D eigenvalue weighted by molar-refractivity contribution is 4.79. The summed E-state index contributed by atoms with van der Waals surface area (Å²) in [5, 5.41) is 0. The summed E-state index contributed by atoms with van der Waals surface area (Å²) in [5.41, 5.74) is -2.06. The summed E-state index contributed by atoms with van der Waals surface area (Å²) in [6.07, 6.45) is -4.70. The van der Waals surface area contributed by atoms with Crippen molar-refractivity contribution >= 4 is 0 Å². The van der Waals surface area contributed by atoms with Crippen LogP contribution < -0.4 is 0 Å². The van der Waals surface area contributed by atoms with Gasteiger partial charge in [0.1, 0.15) is 0 Å². The topological polar surface area (TPSA) is 9.23 Å². The van der Waals surface area contributed by atoms with E-state index in [1.54, 1.807) is 6.92 Å². The molecule has 0 spiro atoms. The lowest BCUT2D eigenvalue weighted by molar-refractivity contribution is -0.278. The van der Waals surface area contributed by atoms with E-state index in [0.717, 1.165) is 13.8 Å². The Bertz CT molecular complexity index is 162. The summed E-state index contributed by atoms with van der Waals surface area (Å²) in [6.45, 7) is 11.4. The smallest absolute Gasteiger partial charge is 0.363 e. The lowest BCUT2D eigenvalue weighted by atomic mass is 10.1. The van der Waals surface area contributed by atoms with Gasteiger partial charge in [-0.15, -0.1) is 0 Å². The van der Waals surface area contributed by atoms with Gasteiger partial charge in [0.05, 0.1) is 6.10 Å². The van der Waals surface area contributed by atoms with E-state index in [1.807, 2.05) is 27.7 Å². The molecule has 1 unspecified atom stereocenters. The van der Waals surface area contributed by atoms with Gasteiger partial charge in [-0.3, -0.25) is 0 Å². The Morgan fingerprint density at radius 3 is 1.47 bits per heavy atom. The van der Waals surface area contributed by atoms with E-state index in [9.17, 15) is 13.2 Å². The lowest BCUT2D eigenvalue weighted by Crippen LogP contribution is -2.44. The molecule has 0 radical (unpaired) electrons. The number of ether oxygens (including phenoxy) is 1. The first-order chi connectivity index (χ1) is 6.58. The molecule has 0 aliphatic heterocycles. The van der Waals surface area contributed by atoms with Gasteiger partial charge in [0.2, 0.25) is 0 Å². The van der Waals surface area contributed by atoms with Crippen molar-refractivity contribution in [2.45, 2.75) is 66.3 Å². The number of hydrogen-bond donors (Lipinski definition) is 0. The highest BCUT2D eigenvalue weighted by Crippen LogP contribution is 2.34. The molecule has 0 aliphatic carbocycles. The molecule has 1 atom stereocenters. The van der Waals surface area contributed by atoms with Gasteiger partial charge in [-0.1, -0.05) is 27.7 Å². The molecule has 4 heteroatoms. The van der Waals surface area contributed by atoms with Gasteiger partial charge < -0.3 is 4.74 Å². The molecule has 94 valence electrons. The van der Waals surface area contributed by atoms with Crippen molar-refractivity contribution < 1.29 is 17.9 Å². The molecular weight excluding hydrogens is 205 g/mol. The van der Waals surface area contributed by atoms with Crippen LogP contribution in [0.25, 0.3) is 0 Å². The van der Waals surface area contributed by atoms with Gasteiger partial charge in [0.15, 0.2) is 5.60 Å². The highest BCUT2D eigenvalue weighted by atomic mass is 19.4. The first-order valence-corrected chi connectivity index (χ1v) is 5.32. The average Bonchev–Trinajstić information content (AvgIpc) is 2.04. The SMILES string of the molecule is CC.CC(C)C(C)OC(C)(C)C(F)(F)F. The van der Waals surface area contributed by atoms with Crippen LogP contribution in [0.2, 0.25) is 0 Å². The van der Waals surface area contributed by atoms with Crippen molar-refractivity contribution in [3.8, 4) is 0 Å². The largest absolute Gasteiger partial charge is 0.416 e. The first-order valence-electron chi connectivity index (χ1n) is 5.32. The molecule has 0 aromatic rings. The third-order valence-electron chi connectivity index (χ3n) is 2.10. The summed E-state index contributed by atoms with van der Waals surface area (Å²) < 4.78 is 41.9. The van der Waals surface area contributed by atoms with Gasteiger partial charge in [0.25, 0.3) is 0 Å². The minimum atomic E-state index is -4.31. The molecule has 0 fully saturated rings. The van der Waals surface area contributed by atoms with E-state index in [1.165, 1.54) is 0 Å². The van der Waals surface area contributed by atoms with Gasteiger partial charge in [-0.25, -0.2) is 0 Å². The molecule has 1 nitrogen and oxygen atoms in total. The van der Waals surface area contributed by atoms with E-state index in [4.69, 9.17) is 4.74 Å². The van der Waals surface area contributed by atoms with Crippen molar-refractivity contribution in [2.24, 2.45) is 5.92 Å². The van der Waals surface area contributed by atoms with Gasteiger partial charge >= 0.3 is 6.18 Å². The molecule has 0 bridgehead atoms. The van der Waals surface area contributed by atoms with Crippen LogP contribution in [-0.2, 0) is 4.74 Å². The van der Waals surface area contributed by atoms with E-state index in [2.05, 4.69) is 0 Å². The molecule has 15 heavy (non-hydrogen) atoms. The first kappa shape index (κ1) is 17.2. The van der Waals surface area contributed by atoms with Crippen molar-refractivity contribution in [3.05, 3.63) is 0 Å². The maximum absolute atomic E-state index is 12.3. The monoisotopic (exact) mass is 228 g/mol. The minimum Gasteiger partial charge on any atom is -0.363 e. The summed E-state index contributed by atoms with van der Waals surface area (Å²) in [6, 6.07) is 0. The zero-order chi connectivity index (χ0) is 12.9. The third kappa shape index (κ3) is 6.03. The van der Waals surface area contributed by atoms with Crippen LogP contribution in [0, 0.1) is 5.92 Å². The van der Waals surface area contributed by atoms with Crippen molar-refractivity contribution in [2.75, 3.05) is 0 Å². The standard InChI is InChI=1S/C9H17F3O.C2H6/c1-6(2)7(3)13-8(4,5)9(10,11)12;1-2/h6-7H,1-5H3;1-2H3. The Morgan fingerprint density at radius 2 is 1.27 bits per heavy atom. The quantitative estimate of drug-likeness (QED) is 0.695. The average molecular weight is 228 g/mol. The molecule has 0 heterocycles. The molecule has 0 aliphatic rings. The summed E-state index contributed by atoms with van der Waals surface area (Å²) in [4.78, 5) is 0. The van der Waals surface area contributed by atoms with E-state index in [-0.39, 0.29) is 5.92 Å². The number of alkyl halides is 3. The Kier molecular flexibility index (Phi) is 7.27. The lowest BCUT2D eigenvalue weighted by Gasteiger charge is -2.32. The van der Waals surface area contributed by atoms with Gasteiger partial charge in [-0.2, -0.15) is 13.2 Å². The summed E-state index contributed by atoms with van der Waals surface area (Å²) in [7, 11) is 0. The maximum Gasteiger partial charge on any atom is 0.416 e. The zero-order valence-corrected chi connectivity index (χ0v) is 10.7. The second-order valence-electron chi connectivity index (χ2n) is 4.08. The second-order valence-corrected chi connectivity index (χ2v) is 4.08. The van der Waals surface area contributed by atoms with E-state index < -0.39 is 17.9 Å². The van der Waals surface area contributed by atoms with Crippen LogP contribution in [0.15, 0.2) is 0 Å². The third-order valence-corrected chi connectivity index (χ3v) is 2.10. The molecule has 0 rings (SSSR count). The van der Waals surface area contributed by atoms with Crippen LogP contribution >= 0.6 is 0 Å². The van der Waals surface area contributed by atoms with E-state index in [0.29, 0.717) is 0 Å². The van der Waals surface area contributed by atoms with Crippen LogP contribution in [-0.4, -0.2) is 17.9 Å². The summed E-state index contributed by atoms with van der Waals surface area (Å²) in [5.74, 6) is 0.0848. The van der Waals surface area contributed by atoms with Crippen LogP contribution in [0.4, 0.5) is 13.2 Å². The molecule has 0 saturated carbocycles. The fourth-order valence-corrected chi connectivity index (χ4v) is 0.668. The Hall–Kier alpha value is -0.250. The van der Waals surface area contributed by atoms with Crippen molar-refractivity contribution in [3.63, 3.8) is 0 Å². The Labute approximate surface area is 91.0 Å².